The minimum Gasteiger partial charge on any atom is -0.329 e. The van der Waals surface area contributed by atoms with Crippen LogP contribution in [0, 0.1) is 17.8 Å². The molecule has 1 fully saturated rings. The van der Waals surface area contributed by atoms with Gasteiger partial charge in [-0.3, -0.25) is 4.79 Å². The average molecular weight is 365 g/mol. The van der Waals surface area contributed by atoms with Gasteiger partial charge >= 0.3 is 0 Å². The molecule has 0 bridgehead atoms. The Balaban J connectivity index is 2.05. The van der Waals surface area contributed by atoms with Crippen molar-refractivity contribution in [3.05, 3.63) is 35.0 Å². The number of carbonyl (C=O) groups is 1. The first-order valence-electron chi connectivity index (χ1n) is 9.71. The molecule has 2 aliphatic carbocycles. The lowest BCUT2D eigenvalue weighted by Gasteiger charge is -2.32. The number of rotatable bonds is 8. The van der Waals surface area contributed by atoms with Crippen molar-refractivity contribution in [1.82, 2.24) is 10.6 Å². The van der Waals surface area contributed by atoms with E-state index < -0.39 is 0 Å². The lowest BCUT2D eigenvalue weighted by Crippen LogP contribution is -2.42. The topological polar surface area (TPSA) is 41.1 Å². The van der Waals surface area contributed by atoms with Crippen molar-refractivity contribution in [2.45, 2.75) is 64.8 Å². The summed E-state index contributed by atoms with van der Waals surface area (Å²) in [5, 5.41) is 7.40. The minimum absolute atomic E-state index is 0.0368. The van der Waals surface area contributed by atoms with E-state index in [2.05, 4.69) is 16.7 Å². The molecule has 0 aromatic heterocycles. The van der Waals surface area contributed by atoms with E-state index in [1.165, 1.54) is 32.1 Å². The molecule has 4 heteroatoms. The fourth-order valence-corrected chi connectivity index (χ4v) is 4.20. The predicted molar refractivity (Wildman–Crippen MR) is 106 cm³/mol. The average Bonchev–Trinajstić information content (AvgIpc) is 3.11. The third-order valence-electron chi connectivity index (χ3n) is 5.62. The van der Waals surface area contributed by atoms with Crippen molar-refractivity contribution in [2.24, 2.45) is 17.8 Å². The Labute approximate surface area is 158 Å². The van der Waals surface area contributed by atoms with Gasteiger partial charge in [-0.25, -0.2) is 0 Å². The maximum Gasteiger partial charge on any atom is 0.227 e. The van der Waals surface area contributed by atoms with E-state index in [1.807, 2.05) is 39.1 Å². The summed E-state index contributed by atoms with van der Waals surface area (Å²) < 4.78 is 0. The van der Waals surface area contributed by atoms with Gasteiger partial charge in [0.1, 0.15) is 0 Å². The number of hydrogen-bond acceptors (Lipinski definition) is 2. The van der Waals surface area contributed by atoms with Crippen LogP contribution in [0.4, 0.5) is 0 Å². The summed E-state index contributed by atoms with van der Waals surface area (Å²) in [6, 6.07) is 0.376. The maximum atomic E-state index is 12.6. The molecule has 3 nitrogen and oxygen atoms in total. The second-order valence-electron chi connectivity index (χ2n) is 7.51. The van der Waals surface area contributed by atoms with Gasteiger partial charge in [0, 0.05) is 28.6 Å². The minimum atomic E-state index is -0.0368. The third-order valence-corrected chi connectivity index (χ3v) is 5.88. The molecule has 25 heavy (non-hydrogen) atoms. The van der Waals surface area contributed by atoms with Crippen molar-refractivity contribution in [3.63, 3.8) is 0 Å². The molecule has 1 saturated carbocycles. The van der Waals surface area contributed by atoms with Crippen molar-refractivity contribution < 1.29 is 4.79 Å². The number of carbonyl (C=O) groups excluding carboxylic acids is 1. The normalized spacial score (nSPS) is 24.1. The third kappa shape index (κ3) is 6.00. The monoisotopic (exact) mass is 364 g/mol. The van der Waals surface area contributed by atoms with Gasteiger partial charge in [0.25, 0.3) is 0 Å². The fraction of sp³-hybridized carbons (Fsp3) is 0.667. The smallest absolute Gasteiger partial charge is 0.227 e. The summed E-state index contributed by atoms with van der Waals surface area (Å²) in [4.78, 5) is 12.6. The number of hydrogen-bond donors (Lipinski definition) is 2. The van der Waals surface area contributed by atoms with Gasteiger partial charge in [-0.1, -0.05) is 62.4 Å². The van der Waals surface area contributed by atoms with Crippen LogP contribution in [-0.2, 0) is 4.79 Å². The molecule has 0 aromatic rings. The van der Waals surface area contributed by atoms with Crippen molar-refractivity contribution in [3.8, 4) is 0 Å². The highest BCUT2D eigenvalue weighted by atomic mass is 35.5. The van der Waals surface area contributed by atoms with Crippen LogP contribution in [0.1, 0.15) is 58.8 Å². The SMILES string of the molecule is C/C=C\CC(C)C(=O)NC1=CC(Cl)=CCC1C(CC1CCCC1)NC. The van der Waals surface area contributed by atoms with E-state index in [0.29, 0.717) is 6.04 Å². The molecule has 2 aliphatic rings. The first-order valence-corrected chi connectivity index (χ1v) is 10.1. The standard InChI is InChI=1S/C21H33ClN2O/c1-4-5-8-15(2)21(25)24-20-14-17(22)11-12-18(20)19(23-3)13-16-9-6-7-10-16/h4-5,11,14-16,18-19,23H,6-10,12-13H2,1-3H3,(H,24,25)/b5-4-. The molecular formula is C21H33ClN2O. The summed E-state index contributed by atoms with van der Waals surface area (Å²) in [6.45, 7) is 3.95. The van der Waals surface area contributed by atoms with Crippen molar-refractivity contribution in [1.29, 1.82) is 0 Å². The molecule has 2 rings (SSSR count). The van der Waals surface area contributed by atoms with Crippen LogP contribution in [0.25, 0.3) is 0 Å². The van der Waals surface area contributed by atoms with Crippen LogP contribution in [0.15, 0.2) is 35.0 Å². The van der Waals surface area contributed by atoms with Crippen LogP contribution in [0.2, 0.25) is 0 Å². The van der Waals surface area contributed by atoms with E-state index in [1.54, 1.807) is 0 Å². The number of halogens is 1. The zero-order valence-corrected chi connectivity index (χ0v) is 16.6. The highest BCUT2D eigenvalue weighted by Gasteiger charge is 2.30. The quantitative estimate of drug-likeness (QED) is 0.601. The van der Waals surface area contributed by atoms with Crippen LogP contribution in [0.5, 0.6) is 0 Å². The Morgan fingerprint density at radius 1 is 1.40 bits per heavy atom. The van der Waals surface area contributed by atoms with Gasteiger partial charge in [0.15, 0.2) is 0 Å². The second-order valence-corrected chi connectivity index (χ2v) is 7.94. The van der Waals surface area contributed by atoms with Gasteiger partial charge < -0.3 is 10.6 Å². The van der Waals surface area contributed by atoms with E-state index >= 15 is 0 Å². The number of allylic oxidation sites excluding steroid dienone is 5. The van der Waals surface area contributed by atoms with Crippen LogP contribution >= 0.6 is 11.6 Å². The van der Waals surface area contributed by atoms with Crippen LogP contribution in [0.3, 0.4) is 0 Å². The summed E-state index contributed by atoms with van der Waals surface area (Å²) in [5.74, 6) is 1.14. The first kappa shape index (κ1) is 20.3. The Hall–Kier alpha value is -1.06. The second kappa shape index (κ2) is 10.2. The van der Waals surface area contributed by atoms with Crippen LogP contribution in [-0.4, -0.2) is 19.0 Å². The molecule has 1 amide bonds. The highest BCUT2D eigenvalue weighted by molar-refractivity contribution is 6.31. The van der Waals surface area contributed by atoms with E-state index in [0.717, 1.165) is 29.5 Å². The molecule has 0 aromatic carbocycles. The molecule has 0 spiro atoms. The van der Waals surface area contributed by atoms with E-state index in [9.17, 15) is 4.79 Å². The van der Waals surface area contributed by atoms with Gasteiger partial charge in [0.05, 0.1) is 0 Å². The van der Waals surface area contributed by atoms with Gasteiger partial charge in [-0.2, -0.15) is 0 Å². The molecule has 3 unspecified atom stereocenters. The molecule has 0 radical (unpaired) electrons. The summed E-state index contributed by atoms with van der Waals surface area (Å²) in [6.07, 6.45) is 16.3. The van der Waals surface area contributed by atoms with Gasteiger partial charge in [-0.05, 0) is 45.2 Å². The Morgan fingerprint density at radius 3 is 2.76 bits per heavy atom. The lowest BCUT2D eigenvalue weighted by molar-refractivity contribution is -0.123. The number of nitrogens with one attached hydrogen (secondary N) is 2. The summed E-state index contributed by atoms with van der Waals surface area (Å²) in [5.41, 5.74) is 0.974. The predicted octanol–water partition coefficient (Wildman–Crippen LogP) is 4.90. The van der Waals surface area contributed by atoms with Crippen LogP contribution < -0.4 is 10.6 Å². The Kier molecular flexibility index (Phi) is 8.25. The Morgan fingerprint density at radius 2 is 2.12 bits per heavy atom. The van der Waals surface area contributed by atoms with Gasteiger partial charge in [-0.15, -0.1) is 0 Å². The fourth-order valence-electron chi connectivity index (χ4n) is 3.99. The van der Waals surface area contributed by atoms with Crippen molar-refractivity contribution >= 4 is 17.5 Å². The first-order chi connectivity index (χ1) is 12.0. The number of amides is 1. The highest BCUT2D eigenvalue weighted by Crippen LogP contribution is 2.34. The maximum absolute atomic E-state index is 12.6. The summed E-state index contributed by atoms with van der Waals surface area (Å²) in [7, 11) is 2.04. The molecule has 0 heterocycles. The molecule has 0 aliphatic heterocycles. The molecular weight excluding hydrogens is 332 g/mol. The largest absolute Gasteiger partial charge is 0.329 e. The van der Waals surface area contributed by atoms with Gasteiger partial charge in [0.2, 0.25) is 5.91 Å². The zero-order chi connectivity index (χ0) is 18.2. The lowest BCUT2D eigenvalue weighted by atomic mass is 9.83. The summed E-state index contributed by atoms with van der Waals surface area (Å²) >= 11 is 6.24. The van der Waals surface area contributed by atoms with Crippen molar-refractivity contribution in [2.75, 3.05) is 7.05 Å². The molecule has 2 N–H and O–H groups in total. The zero-order valence-electron chi connectivity index (χ0n) is 15.9. The molecule has 3 atom stereocenters. The Bertz CT molecular complexity index is 532. The molecule has 140 valence electrons. The van der Waals surface area contributed by atoms with E-state index in [-0.39, 0.29) is 17.7 Å². The van der Waals surface area contributed by atoms with E-state index in [4.69, 9.17) is 11.6 Å². The molecule has 0 saturated heterocycles.